The van der Waals surface area contributed by atoms with Crippen LogP contribution < -0.4 is 11.1 Å². The number of nitrogens with two attached hydrogens (primary N) is 1. The van der Waals surface area contributed by atoms with Crippen molar-refractivity contribution in [1.29, 1.82) is 0 Å². The van der Waals surface area contributed by atoms with Crippen molar-refractivity contribution in [3.05, 3.63) is 39.8 Å². The summed E-state index contributed by atoms with van der Waals surface area (Å²) in [5.74, 6) is -0.960. The molecule has 0 fully saturated rings. The number of nitrogens with one attached hydrogen (secondary N) is 1. The zero-order valence-electron chi connectivity index (χ0n) is 10.5. The van der Waals surface area contributed by atoms with E-state index < -0.39 is 5.97 Å². The summed E-state index contributed by atoms with van der Waals surface area (Å²) >= 11 is 1.62. The van der Waals surface area contributed by atoms with Gasteiger partial charge < -0.3 is 16.2 Å². The van der Waals surface area contributed by atoms with Gasteiger partial charge >= 0.3 is 5.97 Å². The number of hydrogen-bond donors (Lipinski definition) is 3. The molecule has 1 heterocycles. The Kier molecular flexibility index (Phi) is 4.01. The van der Waals surface area contributed by atoms with Crippen molar-refractivity contribution < 1.29 is 9.90 Å². The third-order valence-electron chi connectivity index (χ3n) is 2.66. The van der Waals surface area contributed by atoms with Crippen molar-refractivity contribution in [3.63, 3.8) is 0 Å². The van der Waals surface area contributed by atoms with Gasteiger partial charge in [0.25, 0.3) is 0 Å². The van der Waals surface area contributed by atoms with Crippen LogP contribution in [-0.2, 0) is 6.42 Å². The van der Waals surface area contributed by atoms with Crippen molar-refractivity contribution in [3.8, 4) is 0 Å². The van der Waals surface area contributed by atoms with E-state index in [0.717, 1.165) is 17.1 Å². The molecule has 1 aromatic heterocycles. The standard InChI is InChI=1S/C13H15N3O2S/c1-8-16-10(7-19-8)4-5-15-12-6-9(13(17)18)2-3-11(12)14/h2-3,6-7,15H,4-5,14H2,1H3,(H,17,18). The van der Waals surface area contributed by atoms with Gasteiger partial charge in [0.15, 0.2) is 0 Å². The van der Waals surface area contributed by atoms with Crippen LogP contribution in [0.5, 0.6) is 0 Å². The smallest absolute Gasteiger partial charge is 0.335 e. The molecule has 0 bridgehead atoms. The van der Waals surface area contributed by atoms with Crippen LogP contribution in [0.3, 0.4) is 0 Å². The molecule has 0 radical (unpaired) electrons. The van der Waals surface area contributed by atoms with Gasteiger partial charge in [0.1, 0.15) is 0 Å². The molecule has 0 saturated carbocycles. The molecule has 0 aliphatic heterocycles. The van der Waals surface area contributed by atoms with Gasteiger partial charge in [-0.25, -0.2) is 9.78 Å². The maximum absolute atomic E-state index is 10.9. The Bertz CT molecular complexity index is 595. The first-order valence-electron chi connectivity index (χ1n) is 5.84. The zero-order chi connectivity index (χ0) is 13.8. The molecular weight excluding hydrogens is 262 g/mol. The Morgan fingerprint density at radius 2 is 2.32 bits per heavy atom. The van der Waals surface area contributed by atoms with E-state index in [9.17, 15) is 4.79 Å². The summed E-state index contributed by atoms with van der Waals surface area (Å²) in [5, 5.41) is 15.1. The van der Waals surface area contributed by atoms with Crippen LogP contribution in [0.1, 0.15) is 21.1 Å². The molecular formula is C13H15N3O2S. The SMILES string of the molecule is Cc1nc(CCNc2cc(C(=O)O)ccc2N)cs1. The molecule has 0 unspecified atom stereocenters. The van der Waals surface area contributed by atoms with Crippen LogP contribution >= 0.6 is 11.3 Å². The second-order valence-corrected chi connectivity index (χ2v) is 5.20. The topological polar surface area (TPSA) is 88.2 Å². The number of carboxylic acids is 1. The predicted molar refractivity (Wildman–Crippen MR) is 76.9 cm³/mol. The van der Waals surface area contributed by atoms with E-state index in [1.54, 1.807) is 23.5 Å². The van der Waals surface area contributed by atoms with E-state index in [0.29, 0.717) is 17.9 Å². The lowest BCUT2D eigenvalue weighted by Gasteiger charge is -2.09. The van der Waals surface area contributed by atoms with E-state index in [4.69, 9.17) is 10.8 Å². The number of nitrogen functional groups attached to an aromatic ring is 1. The molecule has 1 aromatic carbocycles. The summed E-state index contributed by atoms with van der Waals surface area (Å²) in [5.41, 5.74) is 8.24. The molecule has 2 aromatic rings. The number of hydrogen-bond acceptors (Lipinski definition) is 5. The van der Waals surface area contributed by atoms with Crippen molar-refractivity contribution in [2.45, 2.75) is 13.3 Å². The first-order valence-corrected chi connectivity index (χ1v) is 6.72. The van der Waals surface area contributed by atoms with Gasteiger partial charge in [0, 0.05) is 18.3 Å². The van der Waals surface area contributed by atoms with E-state index in [1.165, 1.54) is 6.07 Å². The van der Waals surface area contributed by atoms with Crippen molar-refractivity contribution in [2.24, 2.45) is 0 Å². The van der Waals surface area contributed by atoms with Gasteiger partial charge in [-0.15, -0.1) is 11.3 Å². The lowest BCUT2D eigenvalue weighted by Crippen LogP contribution is -2.08. The number of carboxylic acid groups (broad SMARTS) is 1. The molecule has 0 aliphatic rings. The fraction of sp³-hybridized carbons (Fsp3) is 0.231. The fourth-order valence-corrected chi connectivity index (χ4v) is 2.34. The van der Waals surface area contributed by atoms with E-state index >= 15 is 0 Å². The number of carbonyl (C=O) groups is 1. The summed E-state index contributed by atoms with van der Waals surface area (Å²) in [6, 6.07) is 4.63. The highest BCUT2D eigenvalue weighted by Gasteiger charge is 2.06. The second-order valence-electron chi connectivity index (χ2n) is 4.14. The summed E-state index contributed by atoms with van der Waals surface area (Å²) in [6.07, 6.45) is 0.779. The molecule has 0 spiro atoms. The Hall–Kier alpha value is -2.08. The lowest BCUT2D eigenvalue weighted by atomic mass is 10.1. The molecule has 4 N–H and O–H groups in total. The molecule has 100 valence electrons. The van der Waals surface area contributed by atoms with Gasteiger partial charge in [-0.05, 0) is 25.1 Å². The van der Waals surface area contributed by atoms with Crippen LogP contribution in [0.4, 0.5) is 11.4 Å². The number of aromatic carboxylic acids is 1. The van der Waals surface area contributed by atoms with Gasteiger partial charge in [-0.1, -0.05) is 0 Å². The summed E-state index contributed by atoms with van der Waals surface area (Å²) in [6.45, 7) is 2.63. The maximum Gasteiger partial charge on any atom is 0.335 e. The first kappa shape index (κ1) is 13.4. The highest BCUT2D eigenvalue weighted by Crippen LogP contribution is 2.20. The molecule has 0 saturated heterocycles. The molecule has 2 rings (SSSR count). The first-order chi connectivity index (χ1) is 9.06. The lowest BCUT2D eigenvalue weighted by molar-refractivity contribution is 0.0697. The Morgan fingerprint density at radius 3 is 2.95 bits per heavy atom. The number of anilines is 2. The van der Waals surface area contributed by atoms with Crippen molar-refractivity contribution in [2.75, 3.05) is 17.6 Å². The summed E-state index contributed by atoms with van der Waals surface area (Å²) in [7, 11) is 0. The highest BCUT2D eigenvalue weighted by atomic mass is 32.1. The number of rotatable bonds is 5. The number of aromatic nitrogens is 1. The molecule has 0 amide bonds. The van der Waals surface area contributed by atoms with Crippen LogP contribution in [0, 0.1) is 6.92 Å². The molecule has 6 heteroatoms. The average Bonchev–Trinajstić information content (AvgIpc) is 2.77. The highest BCUT2D eigenvalue weighted by molar-refractivity contribution is 7.09. The normalized spacial score (nSPS) is 10.4. The van der Waals surface area contributed by atoms with Gasteiger partial charge in [0.05, 0.1) is 27.6 Å². The average molecular weight is 277 g/mol. The number of nitrogens with zero attached hydrogens (tertiary/aromatic N) is 1. The third-order valence-corrected chi connectivity index (χ3v) is 3.49. The number of aryl methyl sites for hydroxylation is 1. The molecule has 0 atom stereocenters. The Morgan fingerprint density at radius 1 is 1.53 bits per heavy atom. The van der Waals surface area contributed by atoms with Gasteiger partial charge in [-0.2, -0.15) is 0 Å². The van der Waals surface area contributed by atoms with Crippen LogP contribution in [0.15, 0.2) is 23.6 Å². The van der Waals surface area contributed by atoms with Crippen LogP contribution in [0.25, 0.3) is 0 Å². The minimum Gasteiger partial charge on any atom is -0.478 e. The van der Waals surface area contributed by atoms with E-state index in [-0.39, 0.29) is 5.56 Å². The Labute approximate surface area is 115 Å². The maximum atomic E-state index is 10.9. The van der Waals surface area contributed by atoms with Crippen molar-refractivity contribution >= 4 is 28.7 Å². The molecule has 5 nitrogen and oxygen atoms in total. The number of benzene rings is 1. The zero-order valence-corrected chi connectivity index (χ0v) is 11.3. The minimum absolute atomic E-state index is 0.223. The van der Waals surface area contributed by atoms with Crippen LogP contribution in [-0.4, -0.2) is 22.6 Å². The quantitative estimate of drug-likeness (QED) is 0.730. The van der Waals surface area contributed by atoms with Gasteiger partial charge in [0.2, 0.25) is 0 Å². The van der Waals surface area contributed by atoms with E-state index in [2.05, 4.69) is 10.3 Å². The van der Waals surface area contributed by atoms with Gasteiger partial charge in [-0.3, -0.25) is 0 Å². The largest absolute Gasteiger partial charge is 0.478 e. The summed E-state index contributed by atoms with van der Waals surface area (Å²) in [4.78, 5) is 15.2. The fourth-order valence-electron chi connectivity index (χ4n) is 1.69. The Balaban J connectivity index is 1.99. The second kappa shape index (κ2) is 5.71. The summed E-state index contributed by atoms with van der Waals surface area (Å²) < 4.78 is 0. The van der Waals surface area contributed by atoms with Crippen LogP contribution in [0.2, 0.25) is 0 Å². The van der Waals surface area contributed by atoms with E-state index in [1.807, 2.05) is 12.3 Å². The minimum atomic E-state index is -0.960. The molecule has 0 aliphatic carbocycles. The monoisotopic (exact) mass is 277 g/mol. The number of thiazole rings is 1. The third kappa shape index (κ3) is 3.45. The predicted octanol–water partition coefficient (Wildman–Crippen LogP) is 2.39. The molecule has 19 heavy (non-hydrogen) atoms. The van der Waals surface area contributed by atoms with Crippen molar-refractivity contribution in [1.82, 2.24) is 4.98 Å².